The van der Waals surface area contributed by atoms with Crippen LogP contribution in [0.2, 0.25) is 5.02 Å². The van der Waals surface area contributed by atoms with Crippen LogP contribution in [0.3, 0.4) is 0 Å². The van der Waals surface area contributed by atoms with E-state index in [0.717, 1.165) is 38.1 Å². The van der Waals surface area contributed by atoms with Crippen LogP contribution in [-0.4, -0.2) is 35.8 Å². The van der Waals surface area contributed by atoms with Crippen LogP contribution in [0.5, 0.6) is 0 Å². The predicted octanol–water partition coefficient (Wildman–Crippen LogP) is 3.74. The summed E-state index contributed by atoms with van der Waals surface area (Å²) in [7, 11) is 2.05. The van der Waals surface area contributed by atoms with E-state index in [9.17, 15) is 0 Å². The number of ether oxygens (including phenoxy) is 1. The summed E-state index contributed by atoms with van der Waals surface area (Å²) >= 11 is 5.90. The number of aromatic nitrogens is 2. The van der Waals surface area contributed by atoms with E-state index in [1.807, 2.05) is 7.05 Å². The number of nitrogens with one attached hydrogen (secondary N) is 1. The molecule has 1 heterocycles. The lowest BCUT2D eigenvalue weighted by molar-refractivity contribution is 0.0175. The van der Waals surface area contributed by atoms with E-state index in [1.54, 1.807) is 12.4 Å². The fourth-order valence-electron chi connectivity index (χ4n) is 4.11. The van der Waals surface area contributed by atoms with E-state index in [2.05, 4.69) is 22.2 Å². The van der Waals surface area contributed by atoms with Gasteiger partial charge >= 0.3 is 0 Å². The lowest BCUT2D eigenvalue weighted by Gasteiger charge is -2.28. The van der Waals surface area contributed by atoms with Gasteiger partial charge in [-0.1, -0.05) is 24.9 Å². The maximum absolute atomic E-state index is 6.16. The van der Waals surface area contributed by atoms with Gasteiger partial charge in [0.15, 0.2) is 0 Å². The monoisotopic (exact) mass is 337 g/mol. The number of rotatable bonds is 8. The molecule has 2 aliphatic carbocycles. The van der Waals surface area contributed by atoms with Crippen LogP contribution in [-0.2, 0) is 10.2 Å². The van der Waals surface area contributed by atoms with Crippen LogP contribution < -0.4 is 5.32 Å². The van der Waals surface area contributed by atoms with Crippen molar-refractivity contribution in [1.82, 2.24) is 15.3 Å². The zero-order valence-electron chi connectivity index (χ0n) is 14.2. The first-order valence-corrected chi connectivity index (χ1v) is 9.32. The highest BCUT2D eigenvalue weighted by Crippen LogP contribution is 2.61. The molecule has 4 atom stereocenters. The Labute approximate surface area is 144 Å². The Morgan fingerprint density at radius 3 is 2.83 bits per heavy atom. The van der Waals surface area contributed by atoms with E-state index in [4.69, 9.17) is 16.3 Å². The third-order valence-electron chi connectivity index (χ3n) is 5.62. The molecule has 1 aromatic heterocycles. The first-order chi connectivity index (χ1) is 11.2. The molecule has 1 N–H and O–H groups in total. The summed E-state index contributed by atoms with van der Waals surface area (Å²) in [6.45, 7) is 3.10. The maximum atomic E-state index is 6.16. The smallest absolute Gasteiger partial charge is 0.134 e. The van der Waals surface area contributed by atoms with Gasteiger partial charge < -0.3 is 10.1 Å². The van der Waals surface area contributed by atoms with Crippen LogP contribution in [0.25, 0.3) is 0 Å². The molecule has 2 fully saturated rings. The summed E-state index contributed by atoms with van der Waals surface area (Å²) in [4.78, 5) is 8.93. The predicted molar refractivity (Wildman–Crippen MR) is 92.8 cm³/mol. The van der Waals surface area contributed by atoms with Gasteiger partial charge in [-0.25, -0.2) is 9.97 Å². The summed E-state index contributed by atoms with van der Waals surface area (Å²) in [5, 5.41) is 4.00. The Hall–Kier alpha value is -0.710. The van der Waals surface area contributed by atoms with Crippen LogP contribution in [0.15, 0.2) is 12.4 Å². The Kier molecular flexibility index (Phi) is 5.55. The summed E-state index contributed by atoms with van der Waals surface area (Å²) in [5.41, 5.74) is 0.222. The Morgan fingerprint density at radius 1 is 1.39 bits per heavy atom. The van der Waals surface area contributed by atoms with Gasteiger partial charge in [0.05, 0.1) is 11.1 Å². The quantitative estimate of drug-likeness (QED) is 0.785. The van der Waals surface area contributed by atoms with Crippen molar-refractivity contribution in [2.24, 2.45) is 5.92 Å². The van der Waals surface area contributed by atoms with Gasteiger partial charge in [0.1, 0.15) is 5.82 Å². The molecular weight excluding hydrogens is 310 g/mol. The molecule has 0 spiro atoms. The molecule has 23 heavy (non-hydrogen) atoms. The molecular formula is C18H28ClN3O. The molecule has 0 bridgehead atoms. The van der Waals surface area contributed by atoms with Gasteiger partial charge in [-0.2, -0.15) is 0 Å². The first-order valence-electron chi connectivity index (χ1n) is 8.95. The van der Waals surface area contributed by atoms with E-state index in [-0.39, 0.29) is 5.41 Å². The number of hydrogen-bond donors (Lipinski definition) is 1. The molecule has 0 amide bonds. The average molecular weight is 338 g/mol. The molecule has 0 aliphatic heterocycles. The molecule has 0 radical (unpaired) electrons. The van der Waals surface area contributed by atoms with Crippen LogP contribution in [0.1, 0.15) is 57.7 Å². The lowest BCUT2D eigenvalue weighted by atomic mass is 9.86. The van der Waals surface area contributed by atoms with Crippen LogP contribution >= 0.6 is 11.6 Å². The van der Waals surface area contributed by atoms with E-state index in [0.29, 0.717) is 23.1 Å². The molecule has 2 unspecified atom stereocenters. The Morgan fingerprint density at radius 2 is 2.17 bits per heavy atom. The molecule has 0 saturated heterocycles. The summed E-state index contributed by atoms with van der Waals surface area (Å²) in [5.74, 6) is 1.68. The fraction of sp³-hybridized carbons (Fsp3) is 0.778. The van der Waals surface area contributed by atoms with Crippen molar-refractivity contribution in [1.29, 1.82) is 0 Å². The standard InChI is InChI=1S/C18H28ClN3O/c1-3-4-15(20-2)6-8-23-16-5-7-18(10-13(18)9-16)17-21-11-14(19)12-22-17/h11-13,15-16,20H,3-10H2,1-2H3/t13-,15+,16?,18?/m1/s1. The third-order valence-corrected chi connectivity index (χ3v) is 5.82. The van der Waals surface area contributed by atoms with Gasteiger partial charge in [-0.05, 0) is 51.5 Å². The number of hydrogen-bond acceptors (Lipinski definition) is 4. The van der Waals surface area contributed by atoms with Gasteiger partial charge in [0.25, 0.3) is 0 Å². The summed E-state index contributed by atoms with van der Waals surface area (Å²) in [6.07, 6.45) is 12.1. The molecule has 3 rings (SSSR count). The molecule has 2 aliphatic rings. The second kappa shape index (κ2) is 7.45. The van der Waals surface area contributed by atoms with Gasteiger partial charge in [-0.3, -0.25) is 0 Å². The van der Waals surface area contributed by atoms with E-state index in [1.165, 1.54) is 19.3 Å². The maximum Gasteiger partial charge on any atom is 0.134 e. The molecule has 2 saturated carbocycles. The highest BCUT2D eigenvalue weighted by molar-refractivity contribution is 6.30. The molecule has 128 valence electrons. The topological polar surface area (TPSA) is 47.0 Å². The number of halogens is 1. The van der Waals surface area contributed by atoms with Crippen LogP contribution in [0.4, 0.5) is 0 Å². The van der Waals surface area contributed by atoms with Crippen molar-refractivity contribution >= 4 is 11.6 Å². The second-order valence-electron chi connectivity index (χ2n) is 7.11. The normalized spacial score (nSPS) is 30.7. The third kappa shape index (κ3) is 3.86. The SMILES string of the molecule is CCC[C@@H](CCOC1CCC2(c3ncc(Cl)cn3)C[C@H]2C1)NC. The fourth-order valence-corrected chi connectivity index (χ4v) is 4.21. The highest BCUT2D eigenvalue weighted by atomic mass is 35.5. The molecule has 5 heteroatoms. The Balaban J connectivity index is 1.45. The van der Waals surface area contributed by atoms with Crippen molar-refractivity contribution < 1.29 is 4.74 Å². The van der Waals surface area contributed by atoms with Crippen LogP contribution in [0, 0.1) is 5.92 Å². The number of fused-ring (bicyclic) bond motifs is 1. The second-order valence-corrected chi connectivity index (χ2v) is 7.55. The van der Waals surface area contributed by atoms with Crippen molar-refractivity contribution in [3.63, 3.8) is 0 Å². The van der Waals surface area contributed by atoms with Crippen molar-refractivity contribution in [2.75, 3.05) is 13.7 Å². The first kappa shape index (κ1) is 17.1. The molecule has 0 aromatic carbocycles. The average Bonchev–Trinajstić information content (AvgIpc) is 3.29. The minimum Gasteiger partial charge on any atom is -0.378 e. The van der Waals surface area contributed by atoms with Crippen molar-refractivity contribution in [2.45, 2.75) is 69.4 Å². The molecule has 4 nitrogen and oxygen atoms in total. The Bertz CT molecular complexity index is 509. The minimum atomic E-state index is 0.222. The summed E-state index contributed by atoms with van der Waals surface area (Å²) < 4.78 is 6.16. The number of nitrogens with zero attached hydrogens (tertiary/aromatic N) is 2. The zero-order chi connectivity index (χ0) is 16.3. The zero-order valence-corrected chi connectivity index (χ0v) is 15.0. The molecule has 1 aromatic rings. The highest BCUT2D eigenvalue weighted by Gasteiger charge is 2.59. The lowest BCUT2D eigenvalue weighted by Crippen LogP contribution is -2.30. The minimum absolute atomic E-state index is 0.222. The van der Waals surface area contributed by atoms with Gasteiger partial charge in [0.2, 0.25) is 0 Å². The summed E-state index contributed by atoms with van der Waals surface area (Å²) in [6, 6.07) is 0.589. The van der Waals surface area contributed by atoms with Crippen molar-refractivity contribution in [3.05, 3.63) is 23.2 Å². The van der Waals surface area contributed by atoms with Gasteiger partial charge in [0, 0.05) is 30.5 Å². The van der Waals surface area contributed by atoms with Gasteiger partial charge in [-0.15, -0.1) is 0 Å². The van der Waals surface area contributed by atoms with E-state index < -0.39 is 0 Å². The largest absolute Gasteiger partial charge is 0.378 e. The van der Waals surface area contributed by atoms with Crippen molar-refractivity contribution in [3.8, 4) is 0 Å². The van der Waals surface area contributed by atoms with E-state index >= 15 is 0 Å².